The largest absolute Gasteiger partial charge is 0.493 e. The number of hydrogen-bond acceptors (Lipinski definition) is 2. The van der Waals surface area contributed by atoms with Crippen molar-refractivity contribution in [2.45, 2.75) is 19.3 Å². The smallest absolute Gasteiger partial charge is 0.407 e. The van der Waals surface area contributed by atoms with Crippen LogP contribution in [0.15, 0.2) is 24.3 Å². The van der Waals surface area contributed by atoms with E-state index in [-0.39, 0.29) is 0 Å². The van der Waals surface area contributed by atoms with E-state index in [1.54, 1.807) is 0 Å². The van der Waals surface area contributed by atoms with Crippen LogP contribution in [0.1, 0.15) is 18.4 Å². The van der Waals surface area contributed by atoms with Crippen LogP contribution in [0.25, 0.3) is 0 Å². The molecule has 1 heterocycles. The summed E-state index contributed by atoms with van der Waals surface area (Å²) in [6.07, 6.45) is 1.97. The van der Waals surface area contributed by atoms with E-state index in [0.29, 0.717) is 25.6 Å². The van der Waals surface area contributed by atoms with Gasteiger partial charge in [-0.2, -0.15) is 0 Å². The maximum Gasteiger partial charge on any atom is 0.407 e. The van der Waals surface area contributed by atoms with Gasteiger partial charge in [-0.05, 0) is 42.9 Å². The molecular weight excluding hydrogens is 322 g/mol. The molecule has 0 saturated carbocycles. The number of rotatable bonds is 5. The number of carboxylic acid groups (broad SMARTS) is 1. The number of amides is 1. The SMILES string of the molecule is O=C(O)N1CCC(COc2ccc(CCBr)cc2)CC1. The predicted molar refractivity (Wildman–Crippen MR) is 81.8 cm³/mol. The third-order valence-corrected chi connectivity index (χ3v) is 4.07. The average molecular weight is 342 g/mol. The average Bonchev–Trinajstić information content (AvgIpc) is 2.47. The number of carbonyl (C=O) groups is 1. The highest BCUT2D eigenvalue weighted by Crippen LogP contribution is 2.20. The summed E-state index contributed by atoms with van der Waals surface area (Å²) in [5.41, 5.74) is 1.30. The van der Waals surface area contributed by atoms with E-state index in [1.807, 2.05) is 12.1 Å². The van der Waals surface area contributed by atoms with Gasteiger partial charge >= 0.3 is 6.09 Å². The highest BCUT2D eigenvalue weighted by Gasteiger charge is 2.22. The standard InChI is InChI=1S/C15H20BrNO3/c16-8-5-12-1-3-14(4-2-12)20-11-13-6-9-17(10-7-13)15(18)19/h1-4,13H,5-11H2,(H,18,19). The summed E-state index contributed by atoms with van der Waals surface area (Å²) < 4.78 is 5.80. The minimum atomic E-state index is -0.813. The van der Waals surface area contributed by atoms with E-state index < -0.39 is 6.09 Å². The molecule has 1 N–H and O–H groups in total. The van der Waals surface area contributed by atoms with Crippen LogP contribution in [0.4, 0.5) is 4.79 Å². The van der Waals surface area contributed by atoms with Crippen molar-refractivity contribution < 1.29 is 14.6 Å². The van der Waals surface area contributed by atoms with Crippen molar-refractivity contribution in [1.82, 2.24) is 4.90 Å². The number of halogens is 1. The summed E-state index contributed by atoms with van der Waals surface area (Å²) in [6.45, 7) is 1.91. The van der Waals surface area contributed by atoms with Crippen molar-refractivity contribution in [3.8, 4) is 5.75 Å². The molecule has 0 atom stereocenters. The van der Waals surface area contributed by atoms with Gasteiger partial charge in [0.2, 0.25) is 0 Å². The van der Waals surface area contributed by atoms with Crippen LogP contribution in [0.2, 0.25) is 0 Å². The Hall–Kier alpha value is -1.23. The highest BCUT2D eigenvalue weighted by atomic mass is 79.9. The van der Waals surface area contributed by atoms with E-state index in [0.717, 1.165) is 30.3 Å². The predicted octanol–water partition coefficient (Wildman–Crippen LogP) is 3.39. The molecule has 4 nitrogen and oxygen atoms in total. The molecule has 1 amide bonds. The summed E-state index contributed by atoms with van der Waals surface area (Å²) in [4.78, 5) is 12.3. The molecule has 1 aliphatic rings. The lowest BCUT2D eigenvalue weighted by atomic mass is 9.98. The number of ether oxygens (including phenoxy) is 1. The number of aryl methyl sites for hydroxylation is 1. The van der Waals surface area contributed by atoms with Crippen molar-refractivity contribution in [2.75, 3.05) is 25.0 Å². The van der Waals surface area contributed by atoms with E-state index in [1.165, 1.54) is 10.5 Å². The van der Waals surface area contributed by atoms with Crippen molar-refractivity contribution >= 4 is 22.0 Å². The maximum absolute atomic E-state index is 10.8. The molecule has 0 radical (unpaired) electrons. The van der Waals surface area contributed by atoms with Crippen molar-refractivity contribution in [3.05, 3.63) is 29.8 Å². The zero-order valence-electron chi connectivity index (χ0n) is 11.4. The Morgan fingerprint density at radius 3 is 2.50 bits per heavy atom. The first-order valence-electron chi connectivity index (χ1n) is 6.94. The molecule has 5 heteroatoms. The summed E-state index contributed by atoms with van der Waals surface area (Å²) in [6, 6.07) is 8.18. The lowest BCUT2D eigenvalue weighted by molar-refractivity contribution is 0.111. The number of alkyl halides is 1. The second kappa shape index (κ2) is 7.53. The third kappa shape index (κ3) is 4.40. The van der Waals surface area contributed by atoms with E-state index in [9.17, 15) is 4.79 Å². The normalized spacial score (nSPS) is 16.1. The second-order valence-corrected chi connectivity index (χ2v) is 5.90. The Balaban J connectivity index is 1.74. The lowest BCUT2D eigenvalue weighted by Gasteiger charge is -2.29. The second-order valence-electron chi connectivity index (χ2n) is 5.11. The molecule has 0 unspecified atom stereocenters. The van der Waals surface area contributed by atoms with Crippen LogP contribution >= 0.6 is 15.9 Å². The first-order valence-corrected chi connectivity index (χ1v) is 8.06. The summed E-state index contributed by atoms with van der Waals surface area (Å²) >= 11 is 3.43. The zero-order valence-corrected chi connectivity index (χ0v) is 13.0. The number of hydrogen-bond donors (Lipinski definition) is 1. The minimum Gasteiger partial charge on any atom is -0.493 e. The summed E-state index contributed by atoms with van der Waals surface area (Å²) in [5.74, 6) is 1.34. The highest BCUT2D eigenvalue weighted by molar-refractivity contribution is 9.09. The Kier molecular flexibility index (Phi) is 5.71. The zero-order chi connectivity index (χ0) is 14.4. The van der Waals surface area contributed by atoms with Gasteiger partial charge in [0, 0.05) is 18.4 Å². The Morgan fingerprint density at radius 1 is 1.30 bits per heavy atom. The van der Waals surface area contributed by atoms with E-state index in [2.05, 4.69) is 28.1 Å². The molecule has 1 saturated heterocycles. The topological polar surface area (TPSA) is 49.8 Å². The molecule has 20 heavy (non-hydrogen) atoms. The fourth-order valence-electron chi connectivity index (χ4n) is 2.37. The van der Waals surface area contributed by atoms with Crippen LogP contribution in [0, 0.1) is 5.92 Å². The van der Waals surface area contributed by atoms with E-state index in [4.69, 9.17) is 9.84 Å². The molecule has 1 aliphatic heterocycles. The fraction of sp³-hybridized carbons (Fsp3) is 0.533. The Bertz CT molecular complexity index is 427. The van der Waals surface area contributed by atoms with Gasteiger partial charge in [-0.15, -0.1) is 0 Å². The fourth-order valence-corrected chi connectivity index (χ4v) is 2.82. The maximum atomic E-state index is 10.8. The number of nitrogens with zero attached hydrogens (tertiary/aromatic N) is 1. The van der Waals surface area contributed by atoms with Gasteiger partial charge in [0.1, 0.15) is 5.75 Å². The van der Waals surface area contributed by atoms with Crippen molar-refractivity contribution in [1.29, 1.82) is 0 Å². The van der Waals surface area contributed by atoms with Crippen molar-refractivity contribution in [2.24, 2.45) is 5.92 Å². The summed E-state index contributed by atoms with van der Waals surface area (Å²) in [5, 5.41) is 9.86. The number of benzene rings is 1. The van der Waals surface area contributed by atoms with Crippen LogP contribution in [0.3, 0.4) is 0 Å². The van der Waals surface area contributed by atoms with Gasteiger partial charge in [0.15, 0.2) is 0 Å². The molecule has 110 valence electrons. The molecule has 0 aliphatic carbocycles. The van der Waals surface area contributed by atoms with Crippen LogP contribution in [0.5, 0.6) is 5.75 Å². The summed E-state index contributed by atoms with van der Waals surface area (Å²) in [7, 11) is 0. The minimum absolute atomic E-state index is 0.452. The van der Waals surface area contributed by atoms with Gasteiger partial charge in [-0.3, -0.25) is 0 Å². The number of likely N-dealkylation sites (tertiary alicyclic amines) is 1. The molecule has 1 aromatic carbocycles. The first-order chi connectivity index (χ1) is 9.69. The van der Waals surface area contributed by atoms with Crippen molar-refractivity contribution in [3.63, 3.8) is 0 Å². The van der Waals surface area contributed by atoms with Gasteiger partial charge in [0.05, 0.1) is 6.61 Å². The van der Waals surface area contributed by atoms with Gasteiger partial charge < -0.3 is 14.7 Å². The van der Waals surface area contributed by atoms with Gasteiger partial charge in [-0.25, -0.2) is 4.79 Å². The molecule has 1 fully saturated rings. The molecule has 0 spiro atoms. The van der Waals surface area contributed by atoms with Crippen LogP contribution in [-0.2, 0) is 6.42 Å². The first kappa shape index (κ1) is 15.2. The van der Waals surface area contributed by atoms with Crippen LogP contribution < -0.4 is 4.74 Å². The molecule has 0 aromatic heterocycles. The van der Waals surface area contributed by atoms with Gasteiger partial charge in [-0.1, -0.05) is 28.1 Å². The van der Waals surface area contributed by atoms with Gasteiger partial charge in [0.25, 0.3) is 0 Å². The van der Waals surface area contributed by atoms with Crippen LogP contribution in [-0.4, -0.2) is 41.1 Å². The quantitative estimate of drug-likeness (QED) is 0.835. The monoisotopic (exact) mass is 341 g/mol. The Labute approximate surface area is 127 Å². The molecule has 2 rings (SSSR count). The van der Waals surface area contributed by atoms with E-state index >= 15 is 0 Å². The lowest BCUT2D eigenvalue weighted by Crippen LogP contribution is -2.38. The molecule has 0 bridgehead atoms. The number of piperidine rings is 1. The molecule has 1 aromatic rings. The Morgan fingerprint density at radius 2 is 1.95 bits per heavy atom. The molecular formula is C15H20BrNO3. The third-order valence-electron chi connectivity index (χ3n) is 3.68.